The predicted molar refractivity (Wildman–Crippen MR) is 118 cm³/mol. The number of ether oxygens (including phenoxy) is 1. The van der Waals surface area contributed by atoms with Crippen LogP contribution in [0.15, 0.2) is 41.4 Å². The largest absolute Gasteiger partial charge is 0.496 e. The molecular weight excluding hydrogens is 366 g/mol. The van der Waals surface area contributed by atoms with E-state index < -0.39 is 0 Å². The van der Waals surface area contributed by atoms with Crippen molar-refractivity contribution in [3.63, 3.8) is 0 Å². The van der Waals surface area contributed by atoms with Gasteiger partial charge in [0.05, 0.1) is 13.7 Å². The lowest BCUT2D eigenvalue weighted by atomic mass is 10.1. The molecule has 156 valence electrons. The van der Waals surface area contributed by atoms with Gasteiger partial charge < -0.3 is 20.7 Å². The number of aliphatic imine (C=N–C) groups is 1. The van der Waals surface area contributed by atoms with E-state index in [1.165, 1.54) is 5.56 Å². The summed E-state index contributed by atoms with van der Waals surface area (Å²) < 4.78 is 5.38. The number of aromatic nitrogens is 1. The van der Waals surface area contributed by atoms with Crippen molar-refractivity contribution in [3.8, 4) is 5.75 Å². The van der Waals surface area contributed by atoms with E-state index in [1.54, 1.807) is 13.2 Å². The standard InChI is InChI=1S/C22H31N5O2/c1-5-23-22(24-13-11-18-10-9-16(2)19(15-18)29-4)25-14-12-21(28)27-20-8-6-7-17(3)26-20/h6-10,15H,5,11-14H2,1-4H3,(H2,23,24,25)(H,26,27,28). The Morgan fingerprint density at radius 2 is 2.00 bits per heavy atom. The molecule has 0 atom stereocenters. The summed E-state index contributed by atoms with van der Waals surface area (Å²) in [5.74, 6) is 2.07. The van der Waals surface area contributed by atoms with Crippen LogP contribution in [0.3, 0.4) is 0 Å². The van der Waals surface area contributed by atoms with Crippen LogP contribution in [0.4, 0.5) is 5.82 Å². The molecule has 0 fully saturated rings. The molecular formula is C22H31N5O2. The van der Waals surface area contributed by atoms with Gasteiger partial charge in [0, 0.05) is 25.2 Å². The van der Waals surface area contributed by atoms with E-state index in [0.29, 0.717) is 24.7 Å². The molecule has 2 rings (SSSR count). The fraction of sp³-hybridized carbons (Fsp3) is 0.409. The van der Waals surface area contributed by atoms with Crippen LogP contribution in [0.5, 0.6) is 5.75 Å². The van der Waals surface area contributed by atoms with Crippen molar-refractivity contribution in [2.75, 3.05) is 32.1 Å². The van der Waals surface area contributed by atoms with Gasteiger partial charge in [0.2, 0.25) is 5.91 Å². The zero-order valence-electron chi connectivity index (χ0n) is 17.7. The van der Waals surface area contributed by atoms with Crippen LogP contribution in [0, 0.1) is 13.8 Å². The number of carbonyl (C=O) groups is 1. The Morgan fingerprint density at radius 3 is 2.72 bits per heavy atom. The molecule has 29 heavy (non-hydrogen) atoms. The summed E-state index contributed by atoms with van der Waals surface area (Å²) in [7, 11) is 1.69. The van der Waals surface area contributed by atoms with Gasteiger partial charge in [0.25, 0.3) is 0 Å². The molecule has 0 unspecified atom stereocenters. The summed E-state index contributed by atoms with van der Waals surface area (Å²) in [6.45, 7) is 7.81. The molecule has 2 aromatic rings. The van der Waals surface area contributed by atoms with Gasteiger partial charge in [-0.05, 0) is 56.5 Å². The van der Waals surface area contributed by atoms with Crippen molar-refractivity contribution in [1.29, 1.82) is 0 Å². The first-order valence-corrected chi connectivity index (χ1v) is 9.91. The van der Waals surface area contributed by atoms with Crippen LogP contribution < -0.4 is 20.7 Å². The molecule has 0 aliphatic carbocycles. The molecule has 0 bridgehead atoms. The van der Waals surface area contributed by atoms with Crippen LogP contribution >= 0.6 is 0 Å². The van der Waals surface area contributed by atoms with E-state index in [4.69, 9.17) is 4.74 Å². The van der Waals surface area contributed by atoms with E-state index in [9.17, 15) is 4.79 Å². The Bertz CT molecular complexity index is 836. The highest BCUT2D eigenvalue weighted by molar-refractivity contribution is 5.90. The number of anilines is 1. The molecule has 0 aliphatic rings. The van der Waals surface area contributed by atoms with Gasteiger partial charge in [-0.1, -0.05) is 18.2 Å². The van der Waals surface area contributed by atoms with E-state index in [-0.39, 0.29) is 5.91 Å². The van der Waals surface area contributed by atoms with Gasteiger partial charge in [-0.15, -0.1) is 0 Å². The zero-order valence-corrected chi connectivity index (χ0v) is 17.7. The van der Waals surface area contributed by atoms with Gasteiger partial charge in [0.15, 0.2) is 5.96 Å². The first-order chi connectivity index (χ1) is 14.0. The smallest absolute Gasteiger partial charge is 0.227 e. The number of nitrogens with one attached hydrogen (secondary N) is 3. The zero-order chi connectivity index (χ0) is 21.1. The van der Waals surface area contributed by atoms with Gasteiger partial charge in [0.1, 0.15) is 11.6 Å². The third-order valence-electron chi connectivity index (χ3n) is 4.29. The number of rotatable bonds is 9. The summed E-state index contributed by atoms with van der Waals surface area (Å²) in [4.78, 5) is 20.8. The third kappa shape index (κ3) is 7.81. The van der Waals surface area contributed by atoms with Gasteiger partial charge in [-0.2, -0.15) is 0 Å². The highest BCUT2D eigenvalue weighted by Gasteiger charge is 2.05. The Hall–Kier alpha value is -3.09. The Kier molecular flexibility index (Phi) is 8.95. The van der Waals surface area contributed by atoms with Gasteiger partial charge in [-0.3, -0.25) is 9.79 Å². The predicted octanol–water partition coefficient (Wildman–Crippen LogP) is 2.83. The van der Waals surface area contributed by atoms with Crippen molar-refractivity contribution in [1.82, 2.24) is 15.6 Å². The highest BCUT2D eigenvalue weighted by Crippen LogP contribution is 2.18. The Labute approximate surface area is 173 Å². The van der Waals surface area contributed by atoms with Crippen LogP contribution in [0.25, 0.3) is 0 Å². The molecule has 7 heteroatoms. The van der Waals surface area contributed by atoms with Gasteiger partial charge in [-0.25, -0.2) is 4.98 Å². The molecule has 7 nitrogen and oxygen atoms in total. The van der Waals surface area contributed by atoms with Crippen LogP contribution in [-0.4, -0.2) is 43.6 Å². The minimum atomic E-state index is -0.102. The van der Waals surface area contributed by atoms with Crippen LogP contribution in [0.1, 0.15) is 30.2 Å². The number of methoxy groups -OCH3 is 1. The molecule has 3 N–H and O–H groups in total. The minimum Gasteiger partial charge on any atom is -0.496 e. The quantitative estimate of drug-likeness (QED) is 0.447. The third-order valence-corrected chi connectivity index (χ3v) is 4.29. The monoisotopic (exact) mass is 397 g/mol. The maximum absolute atomic E-state index is 12.1. The van der Waals surface area contributed by atoms with Crippen molar-refractivity contribution in [2.45, 2.75) is 33.6 Å². The number of carbonyl (C=O) groups excluding carboxylic acids is 1. The second-order valence-corrected chi connectivity index (χ2v) is 6.70. The lowest BCUT2D eigenvalue weighted by molar-refractivity contribution is -0.116. The SMILES string of the molecule is CCNC(=NCCC(=O)Nc1cccc(C)n1)NCCc1ccc(C)c(OC)c1. The fourth-order valence-corrected chi connectivity index (χ4v) is 2.77. The minimum absolute atomic E-state index is 0.102. The highest BCUT2D eigenvalue weighted by atomic mass is 16.5. The molecule has 1 aromatic carbocycles. The van der Waals surface area contributed by atoms with Crippen molar-refractivity contribution in [3.05, 3.63) is 53.2 Å². The Balaban J connectivity index is 1.80. The molecule has 0 saturated carbocycles. The van der Waals surface area contributed by atoms with Crippen molar-refractivity contribution >= 4 is 17.7 Å². The molecule has 0 radical (unpaired) electrons. The van der Waals surface area contributed by atoms with E-state index in [0.717, 1.165) is 36.5 Å². The average Bonchev–Trinajstić information content (AvgIpc) is 2.69. The maximum atomic E-state index is 12.1. The second kappa shape index (κ2) is 11.7. The summed E-state index contributed by atoms with van der Waals surface area (Å²) in [6, 6.07) is 11.8. The number of hydrogen-bond acceptors (Lipinski definition) is 4. The van der Waals surface area contributed by atoms with Gasteiger partial charge >= 0.3 is 0 Å². The number of amides is 1. The lowest BCUT2D eigenvalue weighted by Crippen LogP contribution is -2.38. The number of aryl methyl sites for hydroxylation is 2. The van der Waals surface area contributed by atoms with E-state index >= 15 is 0 Å². The first kappa shape index (κ1) is 22.2. The molecule has 1 amide bonds. The molecule has 1 aromatic heterocycles. The first-order valence-electron chi connectivity index (χ1n) is 9.91. The molecule has 1 heterocycles. The lowest BCUT2D eigenvalue weighted by Gasteiger charge is -2.12. The number of pyridine rings is 1. The topological polar surface area (TPSA) is 87.6 Å². The number of nitrogens with zero attached hydrogens (tertiary/aromatic N) is 2. The average molecular weight is 398 g/mol. The number of guanidine groups is 1. The fourth-order valence-electron chi connectivity index (χ4n) is 2.77. The molecule has 0 aliphatic heterocycles. The maximum Gasteiger partial charge on any atom is 0.227 e. The number of benzene rings is 1. The summed E-state index contributed by atoms with van der Waals surface area (Å²) in [6.07, 6.45) is 1.14. The molecule has 0 spiro atoms. The summed E-state index contributed by atoms with van der Waals surface area (Å²) in [5, 5.41) is 9.30. The number of hydrogen-bond donors (Lipinski definition) is 3. The normalized spacial score (nSPS) is 11.1. The van der Waals surface area contributed by atoms with Crippen LogP contribution in [-0.2, 0) is 11.2 Å². The Morgan fingerprint density at radius 1 is 1.17 bits per heavy atom. The van der Waals surface area contributed by atoms with E-state index in [2.05, 4.69) is 44.1 Å². The van der Waals surface area contributed by atoms with Crippen LogP contribution in [0.2, 0.25) is 0 Å². The summed E-state index contributed by atoms with van der Waals surface area (Å²) >= 11 is 0. The summed E-state index contributed by atoms with van der Waals surface area (Å²) in [5.41, 5.74) is 3.18. The molecule has 0 saturated heterocycles. The van der Waals surface area contributed by atoms with Crippen molar-refractivity contribution < 1.29 is 9.53 Å². The van der Waals surface area contributed by atoms with E-state index in [1.807, 2.05) is 32.9 Å². The second-order valence-electron chi connectivity index (χ2n) is 6.70. The van der Waals surface area contributed by atoms with Crippen molar-refractivity contribution in [2.24, 2.45) is 4.99 Å².